The summed E-state index contributed by atoms with van der Waals surface area (Å²) in [6, 6.07) is 0. The van der Waals surface area contributed by atoms with E-state index in [9.17, 15) is 0 Å². The van der Waals surface area contributed by atoms with Crippen molar-refractivity contribution in [3.05, 3.63) is 11.1 Å². The summed E-state index contributed by atoms with van der Waals surface area (Å²) in [5.74, 6) is 1.03. The molecule has 0 spiro atoms. The summed E-state index contributed by atoms with van der Waals surface area (Å²) >= 11 is 0. The minimum atomic E-state index is 1.03. The fourth-order valence-electron chi connectivity index (χ4n) is 2.16. The molecule has 0 aromatic heterocycles. The largest absolute Gasteiger partial charge is 0.0651 e. The first-order valence-corrected chi connectivity index (χ1v) is 4.15. The van der Waals surface area contributed by atoms with Crippen LogP contribution in [0.15, 0.2) is 11.1 Å². The van der Waals surface area contributed by atoms with Crippen LogP contribution in [0.1, 0.15) is 39.0 Å². The summed E-state index contributed by atoms with van der Waals surface area (Å²) in [7, 11) is 0. The molecule has 0 bridgehead atoms. The molecule has 0 heteroatoms. The third-order valence-electron chi connectivity index (χ3n) is 2.63. The zero-order valence-electron chi connectivity index (χ0n) is 6.11. The van der Waals surface area contributed by atoms with Gasteiger partial charge in [0.05, 0.1) is 0 Å². The monoisotopic (exact) mass is 122 g/mol. The summed E-state index contributed by atoms with van der Waals surface area (Å²) < 4.78 is 0. The molecule has 2 aliphatic rings. The fraction of sp³-hybridized carbons (Fsp3) is 0.778. The zero-order chi connectivity index (χ0) is 6.27. The molecule has 1 fully saturated rings. The highest BCUT2D eigenvalue weighted by Gasteiger charge is 2.38. The SMILES string of the molecule is CCCC1=C2CCCC12. The van der Waals surface area contributed by atoms with Crippen molar-refractivity contribution in [2.24, 2.45) is 5.92 Å². The van der Waals surface area contributed by atoms with Crippen LogP contribution in [0.3, 0.4) is 0 Å². The van der Waals surface area contributed by atoms with Gasteiger partial charge in [-0.3, -0.25) is 0 Å². The number of fused-ring (bicyclic) bond motifs is 1. The van der Waals surface area contributed by atoms with Crippen LogP contribution in [-0.2, 0) is 0 Å². The second kappa shape index (κ2) is 1.86. The Morgan fingerprint density at radius 1 is 1.56 bits per heavy atom. The highest BCUT2D eigenvalue weighted by Crippen LogP contribution is 2.53. The molecule has 1 atom stereocenters. The Bertz CT molecular complexity index is 153. The standard InChI is InChI=1S/C9H14/c1-2-4-7-8-5-3-6-9(7)8/h8H,2-6H2,1H3. The van der Waals surface area contributed by atoms with E-state index in [-0.39, 0.29) is 0 Å². The van der Waals surface area contributed by atoms with Gasteiger partial charge in [0.25, 0.3) is 0 Å². The van der Waals surface area contributed by atoms with E-state index in [1.807, 2.05) is 11.1 Å². The first kappa shape index (κ1) is 5.52. The molecular weight excluding hydrogens is 108 g/mol. The van der Waals surface area contributed by atoms with E-state index in [0.29, 0.717) is 0 Å². The van der Waals surface area contributed by atoms with Gasteiger partial charge in [0.2, 0.25) is 0 Å². The van der Waals surface area contributed by atoms with Gasteiger partial charge in [-0.2, -0.15) is 0 Å². The van der Waals surface area contributed by atoms with E-state index in [1.54, 1.807) is 0 Å². The normalized spacial score (nSPS) is 31.0. The highest BCUT2D eigenvalue weighted by molar-refractivity contribution is 5.43. The molecule has 0 nitrogen and oxygen atoms in total. The molecule has 0 aliphatic heterocycles. The lowest BCUT2D eigenvalue weighted by molar-refractivity contribution is 0.746. The Balaban J connectivity index is 1.95. The predicted octanol–water partition coefficient (Wildman–Crippen LogP) is 2.90. The molecule has 50 valence electrons. The smallest absolute Gasteiger partial charge is 0.00128 e. The van der Waals surface area contributed by atoms with E-state index >= 15 is 0 Å². The van der Waals surface area contributed by atoms with Gasteiger partial charge in [-0.1, -0.05) is 24.5 Å². The van der Waals surface area contributed by atoms with Crippen molar-refractivity contribution in [3.8, 4) is 0 Å². The van der Waals surface area contributed by atoms with Crippen LogP contribution >= 0.6 is 0 Å². The number of rotatable bonds is 2. The fourth-order valence-corrected chi connectivity index (χ4v) is 2.16. The molecule has 0 aromatic rings. The van der Waals surface area contributed by atoms with Crippen LogP contribution in [0.5, 0.6) is 0 Å². The van der Waals surface area contributed by atoms with E-state index in [0.717, 1.165) is 5.92 Å². The van der Waals surface area contributed by atoms with Gasteiger partial charge in [0, 0.05) is 5.92 Å². The molecule has 9 heavy (non-hydrogen) atoms. The van der Waals surface area contributed by atoms with Gasteiger partial charge in [0.15, 0.2) is 0 Å². The molecule has 1 unspecified atom stereocenters. The summed E-state index contributed by atoms with van der Waals surface area (Å²) in [6.45, 7) is 2.28. The van der Waals surface area contributed by atoms with Crippen molar-refractivity contribution >= 4 is 0 Å². The van der Waals surface area contributed by atoms with E-state index in [2.05, 4.69) is 6.92 Å². The lowest BCUT2D eigenvalue weighted by Gasteiger charge is -1.92. The maximum Gasteiger partial charge on any atom is 0.00128 e. The van der Waals surface area contributed by atoms with Crippen molar-refractivity contribution in [2.75, 3.05) is 0 Å². The van der Waals surface area contributed by atoms with Crippen molar-refractivity contribution in [2.45, 2.75) is 39.0 Å². The Labute approximate surface area is 57.0 Å². The van der Waals surface area contributed by atoms with Gasteiger partial charge in [0.1, 0.15) is 0 Å². The van der Waals surface area contributed by atoms with Crippen LogP contribution in [-0.4, -0.2) is 0 Å². The quantitative estimate of drug-likeness (QED) is 0.494. The number of hydrogen-bond acceptors (Lipinski definition) is 0. The van der Waals surface area contributed by atoms with Crippen LogP contribution in [0, 0.1) is 5.92 Å². The molecular formula is C9H14. The number of hydrogen-bond donors (Lipinski definition) is 0. The Morgan fingerprint density at radius 2 is 2.44 bits per heavy atom. The van der Waals surface area contributed by atoms with E-state index in [4.69, 9.17) is 0 Å². The average molecular weight is 122 g/mol. The molecule has 2 rings (SSSR count). The summed E-state index contributed by atoms with van der Waals surface area (Å²) in [5, 5.41) is 0. The summed E-state index contributed by atoms with van der Waals surface area (Å²) in [4.78, 5) is 0. The van der Waals surface area contributed by atoms with Crippen LogP contribution in [0.2, 0.25) is 0 Å². The maximum absolute atomic E-state index is 2.28. The lowest BCUT2D eigenvalue weighted by Crippen LogP contribution is -1.77. The van der Waals surface area contributed by atoms with Gasteiger partial charge >= 0.3 is 0 Å². The molecule has 0 N–H and O–H groups in total. The lowest BCUT2D eigenvalue weighted by atomic mass is 10.1. The minimum Gasteiger partial charge on any atom is -0.0651 e. The van der Waals surface area contributed by atoms with Gasteiger partial charge in [-0.25, -0.2) is 0 Å². The molecule has 2 aliphatic carbocycles. The zero-order valence-corrected chi connectivity index (χ0v) is 6.11. The minimum absolute atomic E-state index is 1.03. The Kier molecular flexibility index (Phi) is 1.14. The third-order valence-corrected chi connectivity index (χ3v) is 2.63. The van der Waals surface area contributed by atoms with E-state index in [1.165, 1.54) is 32.1 Å². The van der Waals surface area contributed by atoms with Crippen molar-refractivity contribution < 1.29 is 0 Å². The molecule has 0 amide bonds. The molecule has 0 radical (unpaired) electrons. The van der Waals surface area contributed by atoms with Crippen molar-refractivity contribution in [1.82, 2.24) is 0 Å². The maximum atomic E-state index is 2.28. The first-order chi connectivity index (χ1) is 4.43. The molecule has 0 aromatic carbocycles. The number of allylic oxidation sites excluding steroid dienone is 2. The second-order valence-electron chi connectivity index (χ2n) is 3.25. The topological polar surface area (TPSA) is 0 Å². The third kappa shape index (κ3) is 0.726. The summed E-state index contributed by atoms with van der Waals surface area (Å²) in [6.07, 6.45) is 7.17. The highest BCUT2D eigenvalue weighted by atomic mass is 14.4. The predicted molar refractivity (Wildman–Crippen MR) is 39.3 cm³/mol. The Hall–Kier alpha value is -0.260. The van der Waals surface area contributed by atoms with E-state index < -0.39 is 0 Å². The second-order valence-corrected chi connectivity index (χ2v) is 3.25. The average Bonchev–Trinajstić information content (AvgIpc) is 2.39. The van der Waals surface area contributed by atoms with Crippen LogP contribution < -0.4 is 0 Å². The molecule has 1 saturated carbocycles. The van der Waals surface area contributed by atoms with Crippen LogP contribution in [0.4, 0.5) is 0 Å². The summed E-state index contributed by atoms with van der Waals surface area (Å²) in [5.41, 5.74) is 3.68. The molecule has 0 saturated heterocycles. The molecule has 0 heterocycles. The van der Waals surface area contributed by atoms with Gasteiger partial charge in [-0.15, -0.1) is 0 Å². The van der Waals surface area contributed by atoms with Gasteiger partial charge in [-0.05, 0) is 25.7 Å². The van der Waals surface area contributed by atoms with Crippen molar-refractivity contribution in [1.29, 1.82) is 0 Å². The Morgan fingerprint density at radius 3 is 3.00 bits per heavy atom. The first-order valence-electron chi connectivity index (χ1n) is 4.15. The van der Waals surface area contributed by atoms with Gasteiger partial charge < -0.3 is 0 Å². The van der Waals surface area contributed by atoms with Crippen LogP contribution in [0.25, 0.3) is 0 Å². The van der Waals surface area contributed by atoms with Crippen molar-refractivity contribution in [3.63, 3.8) is 0 Å².